The largest absolute Gasteiger partial charge is 0.328 e. The molecule has 1 aromatic carbocycles. The average molecular weight is 485 g/mol. The summed E-state index contributed by atoms with van der Waals surface area (Å²) in [6.45, 7) is 3.34. The van der Waals surface area contributed by atoms with Crippen LogP contribution in [0.1, 0.15) is 56.9 Å². The summed E-state index contributed by atoms with van der Waals surface area (Å²) in [7, 11) is 0. The fourth-order valence-electron chi connectivity index (χ4n) is 5.71. The molecule has 0 aromatic heterocycles. The first kappa shape index (κ1) is 24.2. The van der Waals surface area contributed by atoms with E-state index in [4.69, 9.17) is 0 Å². The van der Waals surface area contributed by atoms with Crippen LogP contribution in [0.25, 0.3) is 0 Å². The summed E-state index contributed by atoms with van der Waals surface area (Å²) in [6.07, 6.45) is 4.54. The van der Waals surface area contributed by atoms with Gasteiger partial charge in [-0.15, -0.1) is 0 Å². The molecule has 2 saturated heterocycles. The molecule has 1 aromatic rings. The van der Waals surface area contributed by atoms with Crippen molar-refractivity contribution in [2.75, 3.05) is 26.2 Å². The number of rotatable bonds is 9. The van der Waals surface area contributed by atoms with Gasteiger partial charge in [-0.3, -0.25) is 4.79 Å². The highest BCUT2D eigenvalue weighted by Crippen LogP contribution is 2.48. The minimum atomic E-state index is -3.16. The summed E-state index contributed by atoms with van der Waals surface area (Å²) in [5.41, 5.74) is -0.142. The highest BCUT2D eigenvalue weighted by Gasteiger charge is 2.50. The van der Waals surface area contributed by atoms with Gasteiger partial charge in [0.2, 0.25) is 0 Å². The van der Waals surface area contributed by atoms with Crippen molar-refractivity contribution in [3.05, 3.63) is 35.9 Å². The molecule has 2 aliphatic heterocycles. The quantitative estimate of drug-likeness (QED) is 0.571. The fraction of sp³-hybridized carbons (Fsp3) is 0.667. The summed E-state index contributed by atoms with van der Waals surface area (Å²) in [4.78, 5) is 30.2. The van der Waals surface area contributed by atoms with Gasteiger partial charge in [0, 0.05) is 43.8 Å². The van der Waals surface area contributed by atoms with Gasteiger partial charge in [-0.05, 0) is 57.2 Å². The van der Waals surface area contributed by atoms with Gasteiger partial charge >= 0.3 is 6.03 Å². The highest BCUT2D eigenvalue weighted by molar-refractivity contribution is 5.89. The van der Waals surface area contributed by atoms with Crippen LogP contribution < -0.4 is 5.32 Å². The van der Waals surface area contributed by atoms with Gasteiger partial charge in [0.1, 0.15) is 0 Å². The van der Waals surface area contributed by atoms with E-state index in [9.17, 15) is 14.9 Å². The Morgan fingerprint density at radius 2 is 1.77 bits per heavy atom. The van der Waals surface area contributed by atoms with Gasteiger partial charge in [0.15, 0.2) is 5.78 Å². The molecule has 1 N–H and O–H groups in total. The topological polar surface area (TPSA) is 76.4 Å². The van der Waals surface area contributed by atoms with Crippen molar-refractivity contribution >= 4 is 11.8 Å². The van der Waals surface area contributed by atoms with Crippen molar-refractivity contribution in [3.8, 4) is 6.07 Å². The molecule has 188 valence electrons. The molecule has 0 radical (unpaired) electrons. The molecule has 6 nitrogen and oxygen atoms in total. The zero-order valence-electron chi connectivity index (χ0n) is 20.1. The summed E-state index contributed by atoms with van der Waals surface area (Å²) in [5.74, 6) is -3.64. The Morgan fingerprint density at radius 3 is 2.34 bits per heavy atom. The van der Waals surface area contributed by atoms with Crippen LogP contribution in [-0.4, -0.2) is 65.8 Å². The molecule has 4 aliphatic rings. The maximum atomic E-state index is 15.0. The lowest BCUT2D eigenvalue weighted by Gasteiger charge is -2.54. The van der Waals surface area contributed by atoms with Gasteiger partial charge in [0.25, 0.3) is 5.92 Å². The number of hydrogen-bond donors (Lipinski definition) is 1. The lowest BCUT2D eigenvalue weighted by Crippen LogP contribution is -2.65. The number of hydrogen-bond acceptors (Lipinski definition) is 4. The molecule has 8 heteroatoms. The molecule has 4 fully saturated rings. The zero-order valence-corrected chi connectivity index (χ0v) is 20.1. The minimum absolute atomic E-state index is 0.0865. The van der Waals surface area contributed by atoms with Crippen molar-refractivity contribution in [1.29, 1.82) is 5.26 Å². The number of ketones is 1. The molecule has 2 saturated carbocycles. The third-order valence-electron chi connectivity index (χ3n) is 8.36. The second-order valence-corrected chi connectivity index (χ2v) is 11.4. The predicted molar refractivity (Wildman–Crippen MR) is 127 cm³/mol. The lowest BCUT2D eigenvalue weighted by atomic mass is 9.72. The fourth-order valence-corrected chi connectivity index (χ4v) is 5.71. The Hall–Kier alpha value is -2.53. The number of alkyl halides is 2. The number of carbonyl (C=O) groups excluding carboxylic acids is 2. The van der Waals surface area contributed by atoms with E-state index in [0.717, 1.165) is 32.0 Å². The number of piperidine rings is 1. The zero-order chi connectivity index (χ0) is 24.7. The second-order valence-electron chi connectivity index (χ2n) is 11.4. The molecule has 1 spiro atoms. The number of nitrogens with one attached hydrogen (secondary N) is 1. The summed E-state index contributed by atoms with van der Waals surface area (Å²) in [6, 6.07) is 9.59. The van der Waals surface area contributed by atoms with Crippen molar-refractivity contribution < 1.29 is 18.4 Å². The van der Waals surface area contributed by atoms with E-state index in [1.165, 1.54) is 12.8 Å². The van der Waals surface area contributed by atoms with Crippen LogP contribution in [0.4, 0.5) is 13.6 Å². The third-order valence-corrected chi connectivity index (χ3v) is 8.36. The minimum Gasteiger partial charge on any atom is -0.328 e. The van der Waals surface area contributed by atoms with Crippen LogP contribution in [0.5, 0.6) is 0 Å². The van der Waals surface area contributed by atoms with Gasteiger partial charge in [-0.2, -0.15) is 5.26 Å². The number of urea groups is 1. The van der Waals surface area contributed by atoms with E-state index in [-0.39, 0.29) is 11.8 Å². The summed E-state index contributed by atoms with van der Waals surface area (Å²) < 4.78 is 30.0. The smallest absolute Gasteiger partial charge is 0.318 e. The first-order valence-corrected chi connectivity index (χ1v) is 12.9. The summed E-state index contributed by atoms with van der Waals surface area (Å²) >= 11 is 0. The number of likely N-dealkylation sites (tertiary alicyclic amines) is 2. The number of halogens is 2. The van der Waals surface area contributed by atoms with Gasteiger partial charge < -0.3 is 15.1 Å². The lowest BCUT2D eigenvalue weighted by molar-refractivity contribution is -0.124. The van der Waals surface area contributed by atoms with Crippen LogP contribution in [-0.2, 0) is 11.2 Å². The maximum Gasteiger partial charge on any atom is 0.318 e. The molecule has 2 amide bonds. The van der Waals surface area contributed by atoms with E-state index in [1.807, 2.05) is 0 Å². The van der Waals surface area contributed by atoms with E-state index >= 15 is 8.78 Å². The van der Waals surface area contributed by atoms with Gasteiger partial charge in [-0.25, -0.2) is 13.6 Å². The van der Waals surface area contributed by atoms with E-state index in [1.54, 1.807) is 35.2 Å². The molecule has 0 bridgehead atoms. The van der Waals surface area contributed by atoms with Crippen LogP contribution in [0, 0.1) is 22.2 Å². The molecule has 2 aliphatic carbocycles. The Labute approximate surface area is 205 Å². The van der Waals surface area contributed by atoms with Crippen LogP contribution >= 0.6 is 0 Å². The summed E-state index contributed by atoms with van der Waals surface area (Å²) in [5, 5.41) is 12.0. The third kappa shape index (κ3) is 5.66. The molecule has 2 heterocycles. The van der Waals surface area contributed by atoms with Crippen molar-refractivity contribution in [2.45, 2.75) is 75.8 Å². The number of amides is 2. The van der Waals surface area contributed by atoms with E-state index in [2.05, 4.69) is 16.3 Å². The van der Waals surface area contributed by atoms with E-state index in [0.29, 0.717) is 31.5 Å². The number of Topliss-reactive ketones (excluding diaryl/α,β-unsaturated/α-hetero) is 1. The van der Waals surface area contributed by atoms with Gasteiger partial charge in [-0.1, -0.05) is 30.3 Å². The van der Waals surface area contributed by atoms with Crippen LogP contribution in [0.15, 0.2) is 30.3 Å². The Balaban J connectivity index is 1.20. The maximum absolute atomic E-state index is 15.0. The SMILES string of the molecule is N#CC1(CC(=O)[C@H](CC(F)(F)Cc2ccccc2)NC(=O)N2CC3(CCN(C4CC4)CC3)C2)CC1. The standard InChI is InChI=1S/C27H34F2N4O2/c28-27(29,14-20-4-2-1-3-5-20)15-22(23(34)16-25(17-30)8-9-25)31-24(35)33-18-26(19-33)10-12-32(13-11-26)21-6-7-21/h1-5,21-22H,6-16,18-19H2,(H,31,35)/t22-/m0/s1. The second kappa shape index (κ2) is 9.16. The predicted octanol–water partition coefficient (Wildman–Crippen LogP) is 4.16. The highest BCUT2D eigenvalue weighted by atomic mass is 19.3. The Bertz CT molecular complexity index is 984. The van der Waals surface area contributed by atoms with Crippen LogP contribution in [0.2, 0.25) is 0 Å². The molecule has 5 rings (SSSR count). The number of nitriles is 1. The molecule has 1 atom stereocenters. The van der Waals surface area contributed by atoms with E-state index < -0.39 is 42.0 Å². The van der Waals surface area contributed by atoms with Crippen molar-refractivity contribution in [2.24, 2.45) is 10.8 Å². The average Bonchev–Trinajstić information content (AvgIpc) is 3.73. The molecular weight excluding hydrogens is 450 g/mol. The Morgan fingerprint density at radius 1 is 1.11 bits per heavy atom. The Kier molecular flexibility index (Phi) is 6.33. The number of nitrogens with zero attached hydrogens (tertiary/aromatic N) is 3. The molecular formula is C27H34F2N4O2. The molecule has 0 unspecified atom stereocenters. The van der Waals surface area contributed by atoms with Gasteiger partial charge in [0.05, 0.1) is 17.5 Å². The number of carbonyl (C=O) groups is 2. The first-order chi connectivity index (χ1) is 16.7. The number of benzene rings is 1. The monoisotopic (exact) mass is 484 g/mol. The molecule has 35 heavy (non-hydrogen) atoms. The van der Waals surface area contributed by atoms with Crippen molar-refractivity contribution in [3.63, 3.8) is 0 Å². The first-order valence-electron chi connectivity index (χ1n) is 12.9. The normalized spacial score (nSPS) is 23.7. The van der Waals surface area contributed by atoms with Crippen molar-refractivity contribution in [1.82, 2.24) is 15.1 Å². The van der Waals surface area contributed by atoms with Crippen LogP contribution in [0.3, 0.4) is 0 Å².